The Morgan fingerprint density at radius 1 is 0.969 bits per heavy atom. The quantitative estimate of drug-likeness (QED) is 0.656. The summed E-state index contributed by atoms with van der Waals surface area (Å²) in [5.41, 5.74) is 2.79. The minimum atomic E-state index is -0.215. The highest BCUT2D eigenvalue weighted by Crippen LogP contribution is 2.31. The average Bonchev–Trinajstić information content (AvgIpc) is 3.65. The Bertz CT molecular complexity index is 919. The van der Waals surface area contributed by atoms with Gasteiger partial charge in [0.15, 0.2) is 0 Å². The SMILES string of the molecule is COc1ccc(COCc2cccc(NC(=O)NC3CCN(C(=O)C4CC4)CC3)c2)cc1. The van der Waals surface area contributed by atoms with Gasteiger partial charge in [-0.15, -0.1) is 0 Å². The molecule has 0 radical (unpaired) electrons. The fourth-order valence-electron chi connectivity index (χ4n) is 3.93. The van der Waals surface area contributed by atoms with Gasteiger partial charge in [-0.1, -0.05) is 24.3 Å². The van der Waals surface area contributed by atoms with E-state index in [-0.39, 0.29) is 18.0 Å². The van der Waals surface area contributed by atoms with Crippen molar-refractivity contribution in [3.63, 3.8) is 0 Å². The molecule has 1 aliphatic carbocycles. The molecule has 1 saturated carbocycles. The van der Waals surface area contributed by atoms with E-state index in [1.165, 1.54) is 0 Å². The largest absolute Gasteiger partial charge is 0.497 e. The van der Waals surface area contributed by atoms with Crippen LogP contribution in [0.25, 0.3) is 0 Å². The van der Waals surface area contributed by atoms with Crippen LogP contribution in [0, 0.1) is 5.92 Å². The molecule has 1 aliphatic heterocycles. The molecule has 2 aromatic carbocycles. The number of anilines is 1. The Hall–Kier alpha value is -3.06. The Morgan fingerprint density at radius 3 is 2.38 bits per heavy atom. The lowest BCUT2D eigenvalue weighted by molar-refractivity contribution is -0.133. The molecule has 0 bridgehead atoms. The van der Waals surface area contributed by atoms with Gasteiger partial charge in [0.2, 0.25) is 5.91 Å². The third-order valence-electron chi connectivity index (χ3n) is 5.95. The molecule has 2 aromatic rings. The zero-order valence-corrected chi connectivity index (χ0v) is 18.5. The molecule has 2 fully saturated rings. The summed E-state index contributed by atoms with van der Waals surface area (Å²) in [5, 5.41) is 5.95. The van der Waals surface area contributed by atoms with Gasteiger partial charge < -0.3 is 25.0 Å². The van der Waals surface area contributed by atoms with Gasteiger partial charge in [-0.2, -0.15) is 0 Å². The lowest BCUT2D eigenvalue weighted by atomic mass is 10.0. The summed E-state index contributed by atoms with van der Waals surface area (Å²) in [6, 6.07) is 15.3. The first kappa shape index (κ1) is 22.1. The number of hydrogen-bond acceptors (Lipinski definition) is 4. The first-order chi connectivity index (χ1) is 15.6. The predicted molar refractivity (Wildman–Crippen MR) is 122 cm³/mol. The third kappa shape index (κ3) is 6.23. The van der Waals surface area contributed by atoms with Gasteiger partial charge >= 0.3 is 6.03 Å². The van der Waals surface area contributed by atoms with E-state index in [2.05, 4.69) is 10.6 Å². The number of ether oxygens (including phenoxy) is 2. The maximum atomic E-state index is 12.4. The first-order valence-corrected chi connectivity index (χ1v) is 11.3. The highest BCUT2D eigenvalue weighted by atomic mass is 16.5. The lowest BCUT2D eigenvalue weighted by Crippen LogP contribution is -2.47. The van der Waals surface area contributed by atoms with Gasteiger partial charge in [0, 0.05) is 30.7 Å². The number of carbonyl (C=O) groups is 2. The lowest BCUT2D eigenvalue weighted by Gasteiger charge is -2.32. The summed E-state index contributed by atoms with van der Waals surface area (Å²) in [7, 11) is 1.65. The van der Waals surface area contributed by atoms with E-state index in [0.29, 0.717) is 19.1 Å². The molecule has 1 heterocycles. The van der Waals surface area contributed by atoms with E-state index < -0.39 is 0 Å². The second kappa shape index (κ2) is 10.5. The van der Waals surface area contributed by atoms with E-state index >= 15 is 0 Å². The predicted octanol–water partition coefficient (Wildman–Crippen LogP) is 3.93. The van der Waals surface area contributed by atoms with Crippen LogP contribution in [0.5, 0.6) is 5.75 Å². The number of benzene rings is 2. The van der Waals surface area contributed by atoms with Crippen LogP contribution in [-0.4, -0.2) is 43.1 Å². The molecule has 170 valence electrons. The maximum absolute atomic E-state index is 12.4. The number of piperidine rings is 1. The molecular weight excluding hydrogens is 406 g/mol. The van der Waals surface area contributed by atoms with Crippen molar-refractivity contribution in [1.29, 1.82) is 0 Å². The van der Waals surface area contributed by atoms with Crippen LogP contribution < -0.4 is 15.4 Å². The minimum absolute atomic E-state index is 0.0919. The van der Waals surface area contributed by atoms with Gasteiger partial charge in [-0.3, -0.25) is 4.79 Å². The zero-order valence-electron chi connectivity index (χ0n) is 18.5. The number of amides is 3. The fraction of sp³-hybridized carbons (Fsp3) is 0.440. The number of nitrogens with one attached hydrogen (secondary N) is 2. The normalized spacial score (nSPS) is 16.5. The van der Waals surface area contributed by atoms with E-state index in [0.717, 1.165) is 61.3 Å². The standard InChI is InChI=1S/C25H31N3O4/c1-31-23-9-5-18(6-10-23)16-32-17-19-3-2-4-22(15-19)27-25(30)26-21-11-13-28(14-12-21)24(29)20-7-8-20/h2-6,9-10,15,20-21H,7-8,11-14,16-17H2,1H3,(H2,26,27,30). The van der Waals surface area contributed by atoms with Crippen LogP contribution in [0.3, 0.4) is 0 Å². The summed E-state index contributed by atoms with van der Waals surface area (Å²) in [6.45, 7) is 2.41. The number of methoxy groups -OCH3 is 1. The summed E-state index contributed by atoms with van der Waals surface area (Å²) < 4.78 is 11.0. The van der Waals surface area contributed by atoms with Crippen molar-refractivity contribution >= 4 is 17.6 Å². The van der Waals surface area contributed by atoms with Crippen molar-refractivity contribution in [2.75, 3.05) is 25.5 Å². The highest BCUT2D eigenvalue weighted by Gasteiger charge is 2.35. The molecule has 4 rings (SSSR count). The molecule has 2 aliphatic rings. The van der Waals surface area contributed by atoms with Crippen LogP contribution in [-0.2, 0) is 22.7 Å². The van der Waals surface area contributed by atoms with Crippen molar-refractivity contribution < 1.29 is 19.1 Å². The number of urea groups is 1. The summed E-state index contributed by atoms with van der Waals surface area (Å²) in [5.74, 6) is 1.37. The molecule has 7 nitrogen and oxygen atoms in total. The molecule has 0 aromatic heterocycles. The molecule has 2 N–H and O–H groups in total. The van der Waals surface area contributed by atoms with Gasteiger partial charge in [-0.05, 0) is 61.1 Å². The molecule has 1 saturated heterocycles. The minimum Gasteiger partial charge on any atom is -0.497 e. The Morgan fingerprint density at radius 2 is 1.69 bits per heavy atom. The van der Waals surface area contributed by atoms with Crippen molar-refractivity contribution in [1.82, 2.24) is 10.2 Å². The van der Waals surface area contributed by atoms with E-state index in [4.69, 9.17) is 9.47 Å². The Kier molecular flexibility index (Phi) is 7.27. The van der Waals surface area contributed by atoms with Crippen LogP contribution in [0.2, 0.25) is 0 Å². The van der Waals surface area contributed by atoms with E-state index in [1.54, 1.807) is 7.11 Å². The second-order valence-corrected chi connectivity index (χ2v) is 8.51. The van der Waals surface area contributed by atoms with Crippen molar-refractivity contribution in [2.24, 2.45) is 5.92 Å². The molecule has 0 spiro atoms. The highest BCUT2D eigenvalue weighted by molar-refractivity contribution is 5.89. The van der Waals surface area contributed by atoms with Gasteiger partial charge in [0.1, 0.15) is 5.75 Å². The van der Waals surface area contributed by atoms with Crippen LogP contribution in [0.4, 0.5) is 10.5 Å². The molecule has 3 amide bonds. The van der Waals surface area contributed by atoms with Crippen molar-refractivity contribution in [2.45, 2.75) is 44.9 Å². The maximum Gasteiger partial charge on any atom is 0.319 e. The zero-order chi connectivity index (χ0) is 22.3. The molecule has 7 heteroatoms. The third-order valence-corrected chi connectivity index (χ3v) is 5.95. The van der Waals surface area contributed by atoms with Crippen LogP contribution >= 0.6 is 0 Å². The Labute approximate surface area is 189 Å². The van der Waals surface area contributed by atoms with E-state index in [1.807, 2.05) is 53.4 Å². The van der Waals surface area contributed by atoms with Gasteiger partial charge in [0.25, 0.3) is 0 Å². The monoisotopic (exact) mass is 437 g/mol. The molecule has 0 unspecified atom stereocenters. The van der Waals surface area contributed by atoms with Crippen LogP contribution in [0.1, 0.15) is 36.8 Å². The van der Waals surface area contributed by atoms with Crippen LogP contribution in [0.15, 0.2) is 48.5 Å². The fourth-order valence-corrected chi connectivity index (χ4v) is 3.93. The second-order valence-electron chi connectivity index (χ2n) is 8.51. The number of likely N-dealkylation sites (tertiary alicyclic amines) is 1. The number of rotatable bonds is 8. The summed E-state index contributed by atoms with van der Waals surface area (Å²) in [4.78, 5) is 26.5. The van der Waals surface area contributed by atoms with E-state index in [9.17, 15) is 9.59 Å². The molecule has 32 heavy (non-hydrogen) atoms. The van der Waals surface area contributed by atoms with Gasteiger partial charge in [0.05, 0.1) is 20.3 Å². The topological polar surface area (TPSA) is 79.9 Å². The number of carbonyl (C=O) groups excluding carboxylic acids is 2. The number of nitrogens with zero attached hydrogens (tertiary/aromatic N) is 1. The number of hydrogen-bond donors (Lipinski definition) is 2. The Balaban J connectivity index is 1.19. The summed E-state index contributed by atoms with van der Waals surface area (Å²) in [6.07, 6.45) is 3.66. The van der Waals surface area contributed by atoms with Crippen molar-refractivity contribution in [3.05, 3.63) is 59.7 Å². The van der Waals surface area contributed by atoms with Gasteiger partial charge in [-0.25, -0.2) is 4.79 Å². The first-order valence-electron chi connectivity index (χ1n) is 11.3. The van der Waals surface area contributed by atoms with Crippen molar-refractivity contribution in [3.8, 4) is 5.75 Å². The summed E-state index contributed by atoms with van der Waals surface area (Å²) >= 11 is 0. The molecule has 0 atom stereocenters. The average molecular weight is 438 g/mol. The molecular formula is C25H31N3O4. The smallest absolute Gasteiger partial charge is 0.319 e.